The lowest BCUT2D eigenvalue weighted by Gasteiger charge is -2.36. The Labute approximate surface area is 226 Å². The predicted molar refractivity (Wildman–Crippen MR) is 152 cm³/mol. The number of anilines is 1. The van der Waals surface area contributed by atoms with Crippen LogP contribution in [0.4, 0.5) is 5.82 Å². The number of pyridine rings is 1. The minimum atomic E-state index is -0.656. The number of hydrogen-bond acceptors (Lipinski definition) is 6. The van der Waals surface area contributed by atoms with E-state index in [0.717, 1.165) is 27.7 Å². The summed E-state index contributed by atoms with van der Waals surface area (Å²) in [5.41, 5.74) is 4.16. The fourth-order valence-electron chi connectivity index (χ4n) is 5.15. The quantitative estimate of drug-likeness (QED) is 0.358. The number of piperazine rings is 1. The van der Waals surface area contributed by atoms with Crippen molar-refractivity contribution in [1.82, 2.24) is 20.4 Å². The fraction of sp³-hybridized carbons (Fsp3) is 0.226. The van der Waals surface area contributed by atoms with Gasteiger partial charge in [0.1, 0.15) is 17.4 Å². The molecular weight excluding hydrogens is 490 g/mol. The van der Waals surface area contributed by atoms with Crippen LogP contribution in [-0.4, -0.2) is 59.1 Å². The maximum Gasteiger partial charge on any atom is 0.251 e. The number of carbonyl (C=O) groups is 2. The van der Waals surface area contributed by atoms with Crippen LogP contribution in [0.1, 0.15) is 22.8 Å². The molecule has 6 rings (SSSR count). The van der Waals surface area contributed by atoms with Gasteiger partial charge in [-0.25, -0.2) is 4.98 Å². The molecule has 39 heavy (non-hydrogen) atoms. The Morgan fingerprint density at radius 2 is 1.62 bits per heavy atom. The predicted octanol–water partition coefficient (Wildman–Crippen LogP) is 4.82. The molecule has 1 unspecified atom stereocenters. The lowest BCUT2D eigenvalue weighted by Crippen LogP contribution is -2.54. The normalized spacial score (nSPS) is 14.5. The van der Waals surface area contributed by atoms with Crippen LogP contribution in [0.5, 0.6) is 0 Å². The SMILES string of the molecule is Cc1cc(N2CCN(C(=O)C(C)NC(=O)c3ccc4noc(-c5ccccc5)c4c3)CC2)nc2ccccc12. The first-order valence-electron chi connectivity index (χ1n) is 13.1. The van der Waals surface area contributed by atoms with Crippen molar-refractivity contribution in [3.8, 4) is 11.3 Å². The average Bonchev–Trinajstić information content (AvgIpc) is 3.40. The van der Waals surface area contributed by atoms with E-state index in [-0.39, 0.29) is 11.8 Å². The first-order valence-corrected chi connectivity index (χ1v) is 13.1. The number of fused-ring (bicyclic) bond motifs is 2. The van der Waals surface area contributed by atoms with Crippen LogP contribution in [0.25, 0.3) is 33.1 Å². The number of carbonyl (C=O) groups excluding carboxylic acids is 2. The molecular formula is C31H29N5O3. The first-order chi connectivity index (χ1) is 19.0. The summed E-state index contributed by atoms with van der Waals surface area (Å²) in [5.74, 6) is 1.13. The van der Waals surface area contributed by atoms with Gasteiger partial charge in [0.15, 0.2) is 5.76 Å². The molecule has 0 spiro atoms. The number of para-hydroxylation sites is 1. The average molecular weight is 520 g/mol. The van der Waals surface area contributed by atoms with Crippen molar-refractivity contribution in [2.24, 2.45) is 0 Å². The van der Waals surface area contributed by atoms with E-state index in [1.54, 1.807) is 25.1 Å². The molecule has 0 aliphatic carbocycles. The molecule has 2 amide bonds. The van der Waals surface area contributed by atoms with E-state index < -0.39 is 6.04 Å². The zero-order valence-electron chi connectivity index (χ0n) is 21.9. The maximum atomic E-state index is 13.2. The van der Waals surface area contributed by atoms with Crippen LogP contribution in [0.2, 0.25) is 0 Å². The highest BCUT2D eigenvalue weighted by Gasteiger charge is 2.27. The molecule has 0 radical (unpaired) electrons. The number of aryl methyl sites for hydroxylation is 1. The van der Waals surface area contributed by atoms with Gasteiger partial charge in [-0.15, -0.1) is 0 Å². The van der Waals surface area contributed by atoms with Crippen LogP contribution >= 0.6 is 0 Å². The third-order valence-electron chi connectivity index (χ3n) is 7.32. The molecule has 3 aromatic carbocycles. The van der Waals surface area contributed by atoms with Gasteiger partial charge in [0.25, 0.3) is 5.91 Å². The summed E-state index contributed by atoms with van der Waals surface area (Å²) in [6.07, 6.45) is 0. The van der Waals surface area contributed by atoms with E-state index in [4.69, 9.17) is 9.51 Å². The van der Waals surface area contributed by atoms with E-state index in [1.807, 2.05) is 53.4 Å². The molecule has 5 aromatic rings. The summed E-state index contributed by atoms with van der Waals surface area (Å²) in [6.45, 7) is 6.34. The Morgan fingerprint density at radius 3 is 2.41 bits per heavy atom. The van der Waals surface area contributed by atoms with Crippen molar-refractivity contribution < 1.29 is 14.1 Å². The molecule has 1 aliphatic heterocycles. The second kappa shape index (κ2) is 10.2. The van der Waals surface area contributed by atoms with Gasteiger partial charge < -0.3 is 19.6 Å². The lowest BCUT2D eigenvalue weighted by molar-refractivity contribution is -0.133. The molecule has 0 saturated carbocycles. The molecule has 1 aliphatic rings. The van der Waals surface area contributed by atoms with Gasteiger partial charge in [-0.2, -0.15) is 0 Å². The van der Waals surface area contributed by atoms with Crippen molar-refractivity contribution >= 4 is 39.4 Å². The van der Waals surface area contributed by atoms with Crippen molar-refractivity contribution in [2.45, 2.75) is 19.9 Å². The van der Waals surface area contributed by atoms with E-state index in [0.29, 0.717) is 43.0 Å². The van der Waals surface area contributed by atoms with Gasteiger partial charge in [0.05, 0.1) is 10.9 Å². The van der Waals surface area contributed by atoms with E-state index in [9.17, 15) is 9.59 Å². The highest BCUT2D eigenvalue weighted by Crippen LogP contribution is 2.29. The summed E-state index contributed by atoms with van der Waals surface area (Å²) in [6, 6.07) is 24.5. The minimum Gasteiger partial charge on any atom is -0.355 e. The molecule has 3 heterocycles. The maximum absolute atomic E-state index is 13.2. The second-order valence-electron chi connectivity index (χ2n) is 9.93. The van der Waals surface area contributed by atoms with Crippen LogP contribution in [0.15, 0.2) is 83.4 Å². The molecule has 1 saturated heterocycles. The summed E-state index contributed by atoms with van der Waals surface area (Å²) in [7, 11) is 0. The number of nitrogens with one attached hydrogen (secondary N) is 1. The number of aromatic nitrogens is 2. The van der Waals surface area contributed by atoms with Gasteiger partial charge in [0.2, 0.25) is 5.91 Å². The van der Waals surface area contributed by atoms with Gasteiger partial charge >= 0.3 is 0 Å². The Morgan fingerprint density at radius 1 is 0.872 bits per heavy atom. The topological polar surface area (TPSA) is 91.6 Å². The zero-order chi connectivity index (χ0) is 26.9. The minimum absolute atomic E-state index is 0.0957. The second-order valence-corrected chi connectivity index (χ2v) is 9.93. The van der Waals surface area contributed by atoms with Crippen LogP contribution in [-0.2, 0) is 4.79 Å². The third kappa shape index (κ3) is 4.81. The molecule has 1 fully saturated rings. The van der Waals surface area contributed by atoms with Crippen molar-refractivity contribution in [3.63, 3.8) is 0 Å². The number of rotatable bonds is 5. The zero-order valence-corrected chi connectivity index (χ0v) is 21.9. The van der Waals surface area contributed by atoms with Crippen molar-refractivity contribution in [1.29, 1.82) is 0 Å². The molecule has 8 nitrogen and oxygen atoms in total. The summed E-state index contributed by atoms with van der Waals surface area (Å²) >= 11 is 0. The van der Waals surface area contributed by atoms with Crippen LogP contribution in [0, 0.1) is 6.92 Å². The van der Waals surface area contributed by atoms with Crippen molar-refractivity contribution in [3.05, 3.63) is 90.0 Å². The van der Waals surface area contributed by atoms with Gasteiger partial charge in [-0.05, 0) is 49.7 Å². The lowest BCUT2D eigenvalue weighted by atomic mass is 10.1. The summed E-state index contributed by atoms with van der Waals surface area (Å²) < 4.78 is 5.55. The molecule has 1 N–H and O–H groups in total. The molecule has 0 bridgehead atoms. The summed E-state index contributed by atoms with van der Waals surface area (Å²) in [4.78, 5) is 35.1. The van der Waals surface area contributed by atoms with Gasteiger partial charge in [0, 0.05) is 42.7 Å². The smallest absolute Gasteiger partial charge is 0.251 e. The van der Waals surface area contributed by atoms with Crippen LogP contribution < -0.4 is 10.2 Å². The highest BCUT2D eigenvalue weighted by molar-refractivity contribution is 6.02. The number of benzene rings is 3. The van der Waals surface area contributed by atoms with E-state index in [1.165, 1.54) is 5.56 Å². The van der Waals surface area contributed by atoms with Crippen molar-refractivity contribution in [2.75, 3.05) is 31.1 Å². The molecule has 1 atom stereocenters. The van der Waals surface area contributed by atoms with Crippen LogP contribution in [0.3, 0.4) is 0 Å². The largest absolute Gasteiger partial charge is 0.355 e. The molecule has 8 heteroatoms. The summed E-state index contributed by atoms with van der Waals surface area (Å²) in [5, 5.41) is 8.89. The van der Waals surface area contributed by atoms with Gasteiger partial charge in [-0.1, -0.05) is 53.7 Å². The molecule has 2 aromatic heterocycles. The number of nitrogens with zero attached hydrogens (tertiary/aromatic N) is 4. The first kappa shape index (κ1) is 24.6. The fourth-order valence-corrected chi connectivity index (χ4v) is 5.15. The number of amides is 2. The Balaban J connectivity index is 1.10. The monoisotopic (exact) mass is 519 g/mol. The Kier molecular flexibility index (Phi) is 6.44. The standard InChI is InChI=1S/C31H29N5O3/c1-20-18-28(33-26-11-7-6-10-24(20)26)35-14-16-36(17-15-35)31(38)21(2)32-30(37)23-12-13-27-25(19-23)29(39-34-27)22-8-4-3-5-9-22/h3-13,18-19,21H,14-17H2,1-2H3,(H,32,37). The van der Waals surface area contributed by atoms with E-state index >= 15 is 0 Å². The van der Waals surface area contributed by atoms with E-state index in [2.05, 4.69) is 34.4 Å². The molecule has 196 valence electrons. The third-order valence-corrected chi connectivity index (χ3v) is 7.32. The Hall–Kier alpha value is -4.72. The number of hydrogen-bond donors (Lipinski definition) is 1. The van der Waals surface area contributed by atoms with Gasteiger partial charge in [-0.3, -0.25) is 9.59 Å². The Bertz CT molecular complexity index is 1670. The highest BCUT2D eigenvalue weighted by atomic mass is 16.5.